The molecule has 0 spiro atoms. The van der Waals surface area contributed by atoms with Crippen LogP contribution in [0.2, 0.25) is 0 Å². The maximum atomic E-state index is 11.7. The molecule has 0 bridgehead atoms. The Hall–Kier alpha value is -2.17. The predicted octanol–water partition coefficient (Wildman–Crippen LogP) is 2.71. The normalized spacial score (nSPS) is 22.4. The first-order valence-electron chi connectivity index (χ1n) is 7.40. The number of hydrogen-bond acceptors (Lipinski definition) is 4. The van der Waals surface area contributed by atoms with Crippen LogP contribution in [0.1, 0.15) is 26.2 Å². The van der Waals surface area contributed by atoms with Gasteiger partial charge in [0.15, 0.2) is 0 Å². The van der Waals surface area contributed by atoms with Crippen molar-refractivity contribution in [2.75, 3.05) is 11.4 Å². The van der Waals surface area contributed by atoms with E-state index in [2.05, 4.69) is 16.9 Å². The molecule has 1 N–H and O–H groups in total. The number of hydrogen-bond donors (Lipinski definition) is 1. The number of fused-ring (bicyclic) bond motifs is 1. The van der Waals surface area contributed by atoms with Gasteiger partial charge >= 0.3 is 5.97 Å². The van der Waals surface area contributed by atoms with Crippen molar-refractivity contribution < 1.29 is 9.90 Å². The van der Waals surface area contributed by atoms with Crippen LogP contribution in [-0.4, -0.2) is 33.6 Å². The molecule has 5 heteroatoms. The molecular formula is C16H19N3O2. The van der Waals surface area contributed by atoms with Crippen molar-refractivity contribution in [2.24, 2.45) is 5.92 Å². The van der Waals surface area contributed by atoms with Crippen LogP contribution in [-0.2, 0) is 4.79 Å². The molecule has 2 unspecified atom stereocenters. The number of aliphatic carboxylic acids is 1. The first-order valence-corrected chi connectivity index (χ1v) is 7.40. The predicted molar refractivity (Wildman–Crippen MR) is 81.3 cm³/mol. The number of carboxylic acids is 1. The molecule has 3 rings (SSSR count). The molecule has 1 aromatic heterocycles. The molecule has 21 heavy (non-hydrogen) atoms. The van der Waals surface area contributed by atoms with E-state index in [1.807, 2.05) is 29.2 Å². The molecule has 1 aromatic carbocycles. The summed E-state index contributed by atoms with van der Waals surface area (Å²) in [6, 6.07) is 7.24. The van der Waals surface area contributed by atoms with E-state index in [-0.39, 0.29) is 0 Å². The van der Waals surface area contributed by atoms with Gasteiger partial charge in [-0.1, -0.05) is 25.5 Å². The fourth-order valence-corrected chi connectivity index (χ4v) is 3.12. The van der Waals surface area contributed by atoms with E-state index in [1.54, 1.807) is 0 Å². The second-order valence-electron chi connectivity index (χ2n) is 5.56. The lowest BCUT2D eigenvalue weighted by molar-refractivity contribution is -0.139. The van der Waals surface area contributed by atoms with Crippen LogP contribution in [0.15, 0.2) is 30.6 Å². The maximum absolute atomic E-state index is 11.7. The van der Waals surface area contributed by atoms with Gasteiger partial charge in [0.25, 0.3) is 0 Å². The molecule has 1 aliphatic heterocycles. The second kappa shape index (κ2) is 5.68. The van der Waals surface area contributed by atoms with Gasteiger partial charge < -0.3 is 10.0 Å². The summed E-state index contributed by atoms with van der Waals surface area (Å²) in [5, 5.41) is 10.5. The highest BCUT2D eigenvalue weighted by Gasteiger charge is 2.34. The van der Waals surface area contributed by atoms with Gasteiger partial charge in [0.2, 0.25) is 0 Å². The minimum Gasteiger partial charge on any atom is -0.480 e. The fourth-order valence-electron chi connectivity index (χ4n) is 3.12. The summed E-state index contributed by atoms with van der Waals surface area (Å²) in [7, 11) is 0. The number of nitrogens with zero attached hydrogens (tertiary/aromatic N) is 3. The zero-order valence-corrected chi connectivity index (χ0v) is 12.1. The van der Waals surface area contributed by atoms with Crippen molar-refractivity contribution in [3.8, 4) is 0 Å². The van der Waals surface area contributed by atoms with Crippen molar-refractivity contribution in [2.45, 2.75) is 32.2 Å². The van der Waals surface area contributed by atoms with E-state index < -0.39 is 12.0 Å². The molecule has 5 nitrogen and oxygen atoms in total. The van der Waals surface area contributed by atoms with Gasteiger partial charge in [-0.15, -0.1) is 0 Å². The highest BCUT2D eigenvalue weighted by molar-refractivity contribution is 5.91. The molecule has 110 valence electrons. The van der Waals surface area contributed by atoms with E-state index in [4.69, 9.17) is 0 Å². The highest BCUT2D eigenvalue weighted by atomic mass is 16.4. The minimum absolute atomic E-state index is 0.482. The topological polar surface area (TPSA) is 66.3 Å². The summed E-state index contributed by atoms with van der Waals surface area (Å²) in [6.45, 7) is 2.86. The third-order valence-electron chi connectivity index (χ3n) is 4.37. The number of anilines is 1. The Bertz CT molecular complexity index is 654. The Morgan fingerprint density at radius 3 is 2.95 bits per heavy atom. The number of aromatic nitrogens is 2. The summed E-state index contributed by atoms with van der Waals surface area (Å²) >= 11 is 0. The van der Waals surface area contributed by atoms with Crippen molar-refractivity contribution in [1.29, 1.82) is 0 Å². The second-order valence-corrected chi connectivity index (χ2v) is 5.56. The van der Waals surface area contributed by atoms with E-state index in [0.29, 0.717) is 12.3 Å². The highest BCUT2D eigenvalue weighted by Crippen LogP contribution is 2.32. The van der Waals surface area contributed by atoms with Crippen LogP contribution in [0, 0.1) is 5.92 Å². The largest absolute Gasteiger partial charge is 0.480 e. The third-order valence-corrected chi connectivity index (χ3v) is 4.37. The number of para-hydroxylation sites is 1. The summed E-state index contributed by atoms with van der Waals surface area (Å²) in [6.07, 6.45) is 4.24. The smallest absolute Gasteiger partial charge is 0.326 e. The quantitative estimate of drug-likeness (QED) is 0.939. The van der Waals surface area contributed by atoms with Gasteiger partial charge in [-0.05, 0) is 30.9 Å². The maximum Gasteiger partial charge on any atom is 0.326 e. The lowest BCUT2D eigenvalue weighted by Crippen LogP contribution is -2.47. The summed E-state index contributed by atoms with van der Waals surface area (Å²) in [5.41, 5.74) is 0.851. The summed E-state index contributed by atoms with van der Waals surface area (Å²) in [4.78, 5) is 22.2. The van der Waals surface area contributed by atoms with Crippen LogP contribution in [0.5, 0.6) is 0 Å². The Kier molecular flexibility index (Phi) is 3.73. The summed E-state index contributed by atoms with van der Waals surface area (Å²) < 4.78 is 0. The Balaban J connectivity index is 2.02. The van der Waals surface area contributed by atoms with Crippen LogP contribution in [0.25, 0.3) is 10.9 Å². The minimum atomic E-state index is -0.768. The molecule has 1 fully saturated rings. The molecule has 0 aliphatic carbocycles. The monoisotopic (exact) mass is 285 g/mol. The van der Waals surface area contributed by atoms with Crippen molar-refractivity contribution in [1.82, 2.24) is 9.97 Å². The van der Waals surface area contributed by atoms with E-state index in [1.165, 1.54) is 6.33 Å². The van der Waals surface area contributed by atoms with Crippen LogP contribution in [0.4, 0.5) is 5.82 Å². The molecule has 0 radical (unpaired) electrons. The van der Waals surface area contributed by atoms with E-state index >= 15 is 0 Å². The van der Waals surface area contributed by atoms with Crippen molar-refractivity contribution in [3.05, 3.63) is 30.6 Å². The summed E-state index contributed by atoms with van der Waals surface area (Å²) in [5.74, 6) is 0.453. The SMILES string of the molecule is CCC1CCN(c2ncnc3ccccc23)C(C(=O)O)C1. The molecule has 2 aromatic rings. The van der Waals surface area contributed by atoms with Gasteiger partial charge in [0, 0.05) is 11.9 Å². The van der Waals surface area contributed by atoms with Crippen LogP contribution >= 0.6 is 0 Å². The van der Waals surface area contributed by atoms with Crippen LogP contribution < -0.4 is 4.90 Å². The number of carboxylic acid groups (broad SMARTS) is 1. The molecule has 2 heterocycles. The number of carbonyl (C=O) groups is 1. The lowest BCUT2D eigenvalue weighted by atomic mass is 9.88. The average Bonchev–Trinajstić information content (AvgIpc) is 2.53. The number of rotatable bonds is 3. The molecule has 0 amide bonds. The van der Waals surface area contributed by atoms with Crippen molar-refractivity contribution in [3.63, 3.8) is 0 Å². The zero-order chi connectivity index (χ0) is 14.8. The molecule has 1 aliphatic rings. The molecule has 1 saturated heterocycles. The van der Waals surface area contributed by atoms with Gasteiger partial charge in [0.05, 0.1) is 5.52 Å². The van der Waals surface area contributed by atoms with E-state index in [9.17, 15) is 9.90 Å². The Morgan fingerprint density at radius 2 is 2.19 bits per heavy atom. The molecule has 2 atom stereocenters. The Morgan fingerprint density at radius 1 is 1.38 bits per heavy atom. The average molecular weight is 285 g/mol. The van der Waals surface area contributed by atoms with Gasteiger partial charge in [-0.25, -0.2) is 14.8 Å². The number of benzene rings is 1. The molecular weight excluding hydrogens is 266 g/mol. The van der Waals surface area contributed by atoms with Gasteiger partial charge in [0.1, 0.15) is 18.2 Å². The first kappa shape index (κ1) is 13.8. The lowest BCUT2D eigenvalue weighted by Gasteiger charge is -2.38. The third kappa shape index (κ3) is 2.55. The zero-order valence-electron chi connectivity index (χ0n) is 12.1. The first-order chi connectivity index (χ1) is 10.2. The molecule has 0 saturated carbocycles. The van der Waals surface area contributed by atoms with Crippen LogP contribution in [0.3, 0.4) is 0 Å². The number of piperidine rings is 1. The van der Waals surface area contributed by atoms with Crippen molar-refractivity contribution >= 4 is 22.7 Å². The van der Waals surface area contributed by atoms with E-state index in [0.717, 1.165) is 36.1 Å². The van der Waals surface area contributed by atoms with Gasteiger partial charge in [-0.2, -0.15) is 0 Å². The van der Waals surface area contributed by atoms with Gasteiger partial charge in [-0.3, -0.25) is 0 Å². The standard InChI is InChI=1S/C16H19N3O2/c1-2-11-7-8-19(14(9-11)16(20)21)15-12-5-3-4-6-13(12)17-10-18-15/h3-6,10-11,14H,2,7-9H2,1H3,(H,20,21). The Labute approximate surface area is 123 Å². The fraction of sp³-hybridized carbons (Fsp3) is 0.438.